The minimum absolute atomic E-state index is 0.0382. The van der Waals surface area contributed by atoms with Gasteiger partial charge in [-0.3, -0.25) is 9.59 Å². The molecule has 2 heterocycles. The predicted molar refractivity (Wildman–Crippen MR) is 177 cm³/mol. The molecule has 222 valence electrons. The molecule has 0 saturated carbocycles. The Hall–Kier alpha value is -4.24. The van der Waals surface area contributed by atoms with Crippen molar-refractivity contribution in [3.8, 4) is 23.3 Å². The Bertz CT molecular complexity index is 1590. The highest BCUT2D eigenvalue weighted by atomic mass is 32.2. The summed E-state index contributed by atoms with van der Waals surface area (Å²) in [5, 5.41) is 20.1. The standard InChI is InChI=1S/C36H34N4O2S2/c1-23(2)17-31-15-13-29(19-37)35(39-31)43-21-33(41)27-9-5-25(6-10-27)26-7-11-28(12-8-26)34(42)22-44-36-30(20-38)14-16-32(40-36)18-24(3)4/h5-16,23-24H,17-18,21-22H2,1-4H3. The molecule has 0 aliphatic rings. The third-order valence-corrected chi connectivity index (χ3v) is 8.72. The average Bonchev–Trinajstić information content (AvgIpc) is 3.02. The molecule has 0 aliphatic heterocycles. The Morgan fingerprint density at radius 2 is 0.977 bits per heavy atom. The van der Waals surface area contributed by atoms with Crippen molar-refractivity contribution in [1.29, 1.82) is 10.5 Å². The van der Waals surface area contributed by atoms with Crippen LogP contribution in [0.15, 0.2) is 82.8 Å². The average molecular weight is 619 g/mol. The number of carbonyl (C=O) groups excluding carboxylic acids is 2. The van der Waals surface area contributed by atoms with E-state index >= 15 is 0 Å². The fraction of sp³-hybridized carbons (Fsp3) is 0.278. The van der Waals surface area contributed by atoms with Gasteiger partial charge in [0.1, 0.15) is 22.2 Å². The highest BCUT2D eigenvalue weighted by Crippen LogP contribution is 2.26. The van der Waals surface area contributed by atoms with E-state index in [1.807, 2.05) is 36.4 Å². The molecule has 44 heavy (non-hydrogen) atoms. The van der Waals surface area contributed by atoms with Crippen molar-refractivity contribution < 1.29 is 9.59 Å². The molecule has 4 rings (SSSR count). The van der Waals surface area contributed by atoms with Crippen LogP contribution in [-0.2, 0) is 12.8 Å². The van der Waals surface area contributed by atoms with Crippen molar-refractivity contribution in [1.82, 2.24) is 9.97 Å². The Balaban J connectivity index is 1.36. The molecule has 0 N–H and O–H groups in total. The topological polar surface area (TPSA) is 107 Å². The lowest BCUT2D eigenvalue weighted by atomic mass is 10.0. The third-order valence-electron chi connectivity index (χ3n) is 6.74. The van der Waals surface area contributed by atoms with E-state index in [2.05, 4.69) is 49.8 Å². The van der Waals surface area contributed by atoms with Crippen LogP contribution in [0.4, 0.5) is 0 Å². The summed E-state index contributed by atoms with van der Waals surface area (Å²) in [5.41, 5.74) is 5.83. The van der Waals surface area contributed by atoms with Crippen LogP contribution in [0.5, 0.6) is 0 Å². The summed E-state index contributed by atoms with van der Waals surface area (Å²) >= 11 is 2.58. The van der Waals surface area contributed by atoms with Gasteiger partial charge >= 0.3 is 0 Å². The van der Waals surface area contributed by atoms with Crippen LogP contribution in [0.2, 0.25) is 0 Å². The van der Waals surface area contributed by atoms with E-state index in [4.69, 9.17) is 0 Å². The maximum atomic E-state index is 12.9. The molecule has 4 aromatic rings. The Kier molecular flexibility index (Phi) is 11.5. The first kappa shape index (κ1) is 32.7. The van der Waals surface area contributed by atoms with Crippen molar-refractivity contribution in [2.24, 2.45) is 11.8 Å². The Morgan fingerprint density at radius 1 is 0.614 bits per heavy atom. The number of ketones is 2. The van der Waals surface area contributed by atoms with Gasteiger partial charge in [0.25, 0.3) is 0 Å². The van der Waals surface area contributed by atoms with Crippen molar-refractivity contribution >= 4 is 35.1 Å². The van der Waals surface area contributed by atoms with Crippen molar-refractivity contribution in [2.75, 3.05) is 11.5 Å². The molecule has 0 aliphatic carbocycles. The number of hydrogen-bond acceptors (Lipinski definition) is 8. The molecule has 0 amide bonds. The van der Waals surface area contributed by atoms with Gasteiger partial charge in [-0.05, 0) is 60.1 Å². The lowest BCUT2D eigenvalue weighted by Gasteiger charge is -2.09. The van der Waals surface area contributed by atoms with Gasteiger partial charge in [0.05, 0.1) is 22.6 Å². The Labute approximate surface area is 268 Å². The van der Waals surface area contributed by atoms with E-state index < -0.39 is 0 Å². The van der Waals surface area contributed by atoms with Crippen LogP contribution in [0.25, 0.3) is 11.1 Å². The highest BCUT2D eigenvalue weighted by molar-refractivity contribution is 8.00. The van der Waals surface area contributed by atoms with Crippen LogP contribution in [0.3, 0.4) is 0 Å². The summed E-state index contributed by atoms with van der Waals surface area (Å²) in [6, 6.07) is 26.4. The first-order valence-corrected chi connectivity index (χ1v) is 16.5. The molecule has 0 bridgehead atoms. The highest BCUT2D eigenvalue weighted by Gasteiger charge is 2.14. The zero-order valence-electron chi connectivity index (χ0n) is 25.3. The number of pyridine rings is 2. The maximum Gasteiger partial charge on any atom is 0.173 e. The molecular formula is C36H34N4O2S2. The lowest BCUT2D eigenvalue weighted by Crippen LogP contribution is -2.05. The number of aromatic nitrogens is 2. The number of nitrogens with zero attached hydrogens (tertiary/aromatic N) is 4. The lowest BCUT2D eigenvalue weighted by molar-refractivity contribution is 0.101. The van der Waals surface area contributed by atoms with E-state index in [0.29, 0.717) is 44.1 Å². The zero-order valence-corrected chi connectivity index (χ0v) is 27.0. The fourth-order valence-corrected chi connectivity index (χ4v) is 6.31. The van der Waals surface area contributed by atoms with Crippen LogP contribution in [-0.4, -0.2) is 33.0 Å². The normalized spacial score (nSPS) is 10.9. The van der Waals surface area contributed by atoms with E-state index in [1.165, 1.54) is 23.5 Å². The molecule has 2 aromatic carbocycles. The zero-order chi connectivity index (χ0) is 31.6. The van der Waals surface area contributed by atoms with E-state index in [0.717, 1.165) is 35.4 Å². The number of Topliss-reactive ketones (excluding diaryl/α,β-unsaturated/α-hetero) is 2. The number of rotatable bonds is 13. The SMILES string of the molecule is CC(C)Cc1ccc(C#N)c(SCC(=O)c2ccc(-c3ccc(C(=O)CSc4nc(CC(C)C)ccc4C#N)cc3)cc2)n1. The molecule has 0 radical (unpaired) electrons. The van der Waals surface area contributed by atoms with Crippen molar-refractivity contribution in [2.45, 2.75) is 50.6 Å². The summed E-state index contributed by atoms with van der Waals surface area (Å²) in [4.78, 5) is 35.1. The van der Waals surface area contributed by atoms with Crippen LogP contribution < -0.4 is 0 Å². The molecular weight excluding hydrogens is 585 g/mol. The first-order valence-electron chi connectivity index (χ1n) is 14.5. The van der Waals surface area contributed by atoms with Gasteiger partial charge in [-0.2, -0.15) is 10.5 Å². The van der Waals surface area contributed by atoms with Gasteiger partial charge in [-0.15, -0.1) is 0 Å². The van der Waals surface area contributed by atoms with Crippen LogP contribution >= 0.6 is 23.5 Å². The second-order valence-electron chi connectivity index (χ2n) is 11.3. The number of nitriles is 2. The summed E-state index contributed by atoms with van der Waals surface area (Å²) in [6.07, 6.45) is 1.63. The number of thioether (sulfide) groups is 2. The second-order valence-corrected chi connectivity index (χ2v) is 13.2. The largest absolute Gasteiger partial charge is 0.293 e. The van der Waals surface area contributed by atoms with Crippen molar-refractivity contribution in [3.05, 3.63) is 106 Å². The quantitative estimate of drug-likeness (QED) is 0.109. The van der Waals surface area contributed by atoms with Gasteiger partial charge in [-0.1, -0.05) is 99.7 Å². The van der Waals surface area contributed by atoms with E-state index in [-0.39, 0.29) is 23.1 Å². The summed E-state index contributed by atoms with van der Waals surface area (Å²) in [6.45, 7) is 8.47. The third kappa shape index (κ3) is 8.89. The molecule has 0 fully saturated rings. The van der Waals surface area contributed by atoms with E-state index in [9.17, 15) is 20.1 Å². The fourth-order valence-electron chi connectivity index (χ4n) is 4.54. The number of carbonyl (C=O) groups is 2. The predicted octanol–water partition coefficient (Wildman–Crippen LogP) is 8.23. The second kappa shape index (κ2) is 15.5. The minimum Gasteiger partial charge on any atom is -0.293 e. The van der Waals surface area contributed by atoms with Crippen molar-refractivity contribution in [3.63, 3.8) is 0 Å². The first-order chi connectivity index (χ1) is 21.2. The molecule has 0 spiro atoms. The minimum atomic E-state index is -0.0382. The molecule has 8 heteroatoms. The summed E-state index contributed by atoms with van der Waals surface area (Å²) in [5.74, 6) is 1.20. The smallest absolute Gasteiger partial charge is 0.173 e. The Morgan fingerprint density at radius 3 is 1.30 bits per heavy atom. The molecule has 0 atom stereocenters. The molecule has 6 nitrogen and oxygen atoms in total. The van der Waals surface area contributed by atoms with Crippen LogP contribution in [0, 0.1) is 34.5 Å². The van der Waals surface area contributed by atoms with Crippen LogP contribution in [0.1, 0.15) is 70.9 Å². The molecule has 0 unspecified atom stereocenters. The number of benzene rings is 2. The number of hydrogen-bond donors (Lipinski definition) is 0. The summed E-state index contributed by atoms with van der Waals surface area (Å²) < 4.78 is 0. The van der Waals surface area contributed by atoms with Gasteiger partial charge in [-0.25, -0.2) is 9.97 Å². The van der Waals surface area contributed by atoms with Gasteiger partial charge in [0, 0.05) is 22.5 Å². The molecule has 0 saturated heterocycles. The monoisotopic (exact) mass is 618 g/mol. The maximum absolute atomic E-state index is 12.9. The van der Waals surface area contributed by atoms with Gasteiger partial charge in [0.15, 0.2) is 11.6 Å². The van der Waals surface area contributed by atoms with E-state index in [1.54, 1.807) is 36.4 Å². The molecule has 2 aromatic heterocycles. The summed E-state index contributed by atoms with van der Waals surface area (Å²) in [7, 11) is 0. The van der Waals surface area contributed by atoms with Gasteiger partial charge in [0.2, 0.25) is 0 Å². The van der Waals surface area contributed by atoms with Gasteiger partial charge < -0.3 is 0 Å².